The van der Waals surface area contributed by atoms with Gasteiger partial charge in [-0.2, -0.15) is 0 Å². The zero-order valence-corrected chi connectivity index (χ0v) is 10.0. The van der Waals surface area contributed by atoms with E-state index in [0.29, 0.717) is 5.56 Å². The number of hydrogen-bond acceptors (Lipinski definition) is 2. The van der Waals surface area contributed by atoms with Crippen molar-refractivity contribution in [1.82, 2.24) is 4.90 Å². The van der Waals surface area contributed by atoms with E-state index in [1.54, 1.807) is 7.05 Å². The molecule has 0 aliphatic carbocycles. The molecule has 0 unspecified atom stereocenters. The minimum absolute atomic E-state index is 0.123. The van der Waals surface area contributed by atoms with Crippen molar-refractivity contribution < 1.29 is 9.18 Å². The van der Waals surface area contributed by atoms with Crippen molar-refractivity contribution in [2.75, 3.05) is 12.8 Å². The normalized spacial score (nSPS) is 17.8. The fourth-order valence-corrected chi connectivity index (χ4v) is 2.47. The minimum Gasteiger partial charge on any atom is -0.396 e. The Hall–Kier alpha value is -1.29. The molecule has 16 heavy (non-hydrogen) atoms. The Balaban J connectivity index is 2.86. The Labute approximate surface area is 98.0 Å². The lowest BCUT2D eigenvalue weighted by Gasteiger charge is -2.29. The summed E-state index contributed by atoms with van der Waals surface area (Å²) >= 11 is 5.99. The van der Waals surface area contributed by atoms with Gasteiger partial charge in [-0.3, -0.25) is 4.79 Å². The second-order valence-electron chi connectivity index (χ2n) is 4.43. The number of carbonyl (C=O) groups is 1. The highest BCUT2D eigenvalue weighted by molar-refractivity contribution is 6.32. The molecule has 0 bridgehead atoms. The maximum atomic E-state index is 13.4. The van der Waals surface area contributed by atoms with Gasteiger partial charge in [0.05, 0.1) is 16.8 Å². The van der Waals surface area contributed by atoms with Crippen LogP contribution in [-0.2, 0) is 5.54 Å². The van der Waals surface area contributed by atoms with E-state index in [1.807, 2.05) is 13.8 Å². The Bertz CT molecular complexity index is 499. The van der Waals surface area contributed by atoms with E-state index in [-0.39, 0.29) is 22.2 Å². The summed E-state index contributed by atoms with van der Waals surface area (Å²) < 4.78 is 13.4. The molecule has 1 amide bonds. The molecule has 1 aliphatic rings. The molecule has 0 radical (unpaired) electrons. The van der Waals surface area contributed by atoms with E-state index in [9.17, 15) is 9.18 Å². The van der Waals surface area contributed by atoms with Crippen LogP contribution in [-0.4, -0.2) is 17.9 Å². The van der Waals surface area contributed by atoms with Gasteiger partial charge in [0.1, 0.15) is 5.82 Å². The summed E-state index contributed by atoms with van der Waals surface area (Å²) in [5.74, 6) is -0.942. The number of nitrogens with zero attached hydrogens (tertiary/aromatic N) is 1. The SMILES string of the molecule is CN1C(=O)c2c(N)c(F)cc(Cl)c2C1(C)C. The van der Waals surface area contributed by atoms with Gasteiger partial charge >= 0.3 is 0 Å². The molecule has 5 heteroatoms. The molecule has 2 rings (SSSR count). The van der Waals surface area contributed by atoms with Crippen LogP contribution in [0, 0.1) is 5.82 Å². The lowest BCUT2D eigenvalue weighted by Crippen LogP contribution is -2.35. The first-order chi connectivity index (χ1) is 7.28. The van der Waals surface area contributed by atoms with Gasteiger partial charge in [0, 0.05) is 17.6 Å². The number of benzene rings is 1. The summed E-state index contributed by atoms with van der Waals surface area (Å²) in [4.78, 5) is 13.5. The number of nitrogen functional groups attached to an aromatic ring is 1. The second kappa shape index (κ2) is 3.10. The molecule has 0 atom stereocenters. The fraction of sp³-hybridized carbons (Fsp3) is 0.364. The maximum Gasteiger partial charge on any atom is 0.256 e. The summed E-state index contributed by atoms with van der Waals surface area (Å²) in [5.41, 5.74) is 5.70. The van der Waals surface area contributed by atoms with E-state index in [1.165, 1.54) is 4.90 Å². The van der Waals surface area contributed by atoms with E-state index in [2.05, 4.69) is 0 Å². The van der Waals surface area contributed by atoms with Crippen molar-refractivity contribution in [1.29, 1.82) is 0 Å². The third kappa shape index (κ3) is 1.16. The van der Waals surface area contributed by atoms with E-state index < -0.39 is 11.4 Å². The molecule has 1 heterocycles. The lowest BCUT2D eigenvalue weighted by molar-refractivity contribution is 0.0692. The molecule has 1 aromatic rings. The molecule has 0 saturated carbocycles. The average molecular weight is 243 g/mol. The smallest absolute Gasteiger partial charge is 0.256 e. The van der Waals surface area contributed by atoms with Crippen molar-refractivity contribution in [3.05, 3.63) is 28.0 Å². The number of amides is 1. The number of carbonyl (C=O) groups excluding carboxylic acids is 1. The molecule has 1 aromatic carbocycles. The Kier molecular flexibility index (Phi) is 2.17. The standard InChI is InChI=1S/C11H12ClFN2O/c1-11(2)8-5(12)4-6(13)9(14)7(8)10(16)15(11)3/h4H,14H2,1-3H3. The van der Waals surface area contributed by atoms with Gasteiger partial charge in [0.2, 0.25) is 0 Å². The molecule has 0 aromatic heterocycles. The first-order valence-electron chi connectivity index (χ1n) is 4.84. The van der Waals surface area contributed by atoms with Crippen LogP contribution in [0.4, 0.5) is 10.1 Å². The van der Waals surface area contributed by atoms with Crippen molar-refractivity contribution in [3.63, 3.8) is 0 Å². The van der Waals surface area contributed by atoms with Crippen LogP contribution in [0.5, 0.6) is 0 Å². The number of hydrogen-bond donors (Lipinski definition) is 1. The Morgan fingerprint density at radius 1 is 1.50 bits per heavy atom. The summed E-state index contributed by atoms with van der Waals surface area (Å²) in [6, 6.07) is 1.16. The summed E-state index contributed by atoms with van der Waals surface area (Å²) in [6.07, 6.45) is 0. The first-order valence-corrected chi connectivity index (χ1v) is 5.22. The zero-order valence-electron chi connectivity index (χ0n) is 9.27. The number of anilines is 1. The van der Waals surface area contributed by atoms with E-state index >= 15 is 0 Å². The van der Waals surface area contributed by atoms with Crippen LogP contribution in [0.3, 0.4) is 0 Å². The molecule has 0 spiro atoms. The van der Waals surface area contributed by atoms with Crippen LogP contribution in [0.15, 0.2) is 6.07 Å². The quantitative estimate of drug-likeness (QED) is 0.710. The highest BCUT2D eigenvalue weighted by Gasteiger charge is 2.44. The molecular weight excluding hydrogens is 231 g/mol. The summed E-state index contributed by atoms with van der Waals surface area (Å²) in [7, 11) is 1.65. The first kappa shape index (κ1) is 11.2. The van der Waals surface area contributed by atoms with Crippen molar-refractivity contribution in [3.8, 4) is 0 Å². The van der Waals surface area contributed by atoms with Gasteiger partial charge in [0.25, 0.3) is 5.91 Å². The van der Waals surface area contributed by atoms with Gasteiger partial charge in [-0.15, -0.1) is 0 Å². The van der Waals surface area contributed by atoms with Gasteiger partial charge in [0.15, 0.2) is 0 Å². The molecule has 0 fully saturated rings. The van der Waals surface area contributed by atoms with Gasteiger partial charge in [-0.25, -0.2) is 4.39 Å². The minimum atomic E-state index is -0.650. The number of halogens is 2. The third-order valence-electron chi connectivity index (χ3n) is 3.24. The Morgan fingerprint density at radius 2 is 2.06 bits per heavy atom. The number of rotatable bonds is 0. The second-order valence-corrected chi connectivity index (χ2v) is 4.83. The van der Waals surface area contributed by atoms with Crippen molar-refractivity contribution in [2.24, 2.45) is 0 Å². The monoisotopic (exact) mass is 242 g/mol. The largest absolute Gasteiger partial charge is 0.396 e. The van der Waals surface area contributed by atoms with Crippen LogP contribution in [0.25, 0.3) is 0 Å². The molecular formula is C11H12ClFN2O. The van der Waals surface area contributed by atoms with Crippen LogP contribution < -0.4 is 5.73 Å². The van der Waals surface area contributed by atoms with Crippen LogP contribution in [0.2, 0.25) is 5.02 Å². The van der Waals surface area contributed by atoms with Gasteiger partial charge in [-0.05, 0) is 19.9 Å². The van der Waals surface area contributed by atoms with Gasteiger partial charge < -0.3 is 10.6 Å². The average Bonchev–Trinajstić information content (AvgIpc) is 2.36. The van der Waals surface area contributed by atoms with Gasteiger partial charge in [-0.1, -0.05) is 11.6 Å². The molecule has 3 nitrogen and oxygen atoms in total. The molecule has 1 aliphatic heterocycles. The number of nitrogens with two attached hydrogens (primary N) is 1. The van der Waals surface area contributed by atoms with Crippen LogP contribution in [0.1, 0.15) is 29.8 Å². The Morgan fingerprint density at radius 3 is 2.62 bits per heavy atom. The van der Waals surface area contributed by atoms with Crippen molar-refractivity contribution >= 4 is 23.2 Å². The van der Waals surface area contributed by atoms with E-state index in [0.717, 1.165) is 6.07 Å². The molecule has 2 N–H and O–H groups in total. The van der Waals surface area contributed by atoms with Crippen LogP contribution >= 0.6 is 11.6 Å². The predicted molar refractivity (Wildman–Crippen MR) is 60.9 cm³/mol. The van der Waals surface area contributed by atoms with Crippen molar-refractivity contribution in [2.45, 2.75) is 19.4 Å². The fourth-order valence-electron chi connectivity index (χ4n) is 2.04. The topological polar surface area (TPSA) is 46.3 Å². The highest BCUT2D eigenvalue weighted by Crippen LogP contribution is 2.44. The zero-order chi connectivity index (χ0) is 12.2. The predicted octanol–water partition coefficient (Wildman–Crippen LogP) is 2.38. The number of fused-ring (bicyclic) bond motifs is 1. The molecule has 86 valence electrons. The third-order valence-corrected chi connectivity index (χ3v) is 3.54. The molecule has 0 saturated heterocycles. The summed E-state index contributed by atoms with van der Waals surface area (Å²) in [6.45, 7) is 3.69. The van der Waals surface area contributed by atoms with E-state index in [4.69, 9.17) is 17.3 Å². The lowest BCUT2D eigenvalue weighted by atomic mass is 9.93. The summed E-state index contributed by atoms with van der Waals surface area (Å²) in [5, 5.41) is 0.240. The highest BCUT2D eigenvalue weighted by atomic mass is 35.5. The maximum absolute atomic E-state index is 13.4.